The standard InChI is InChI=1S/C23H23ClN2O3S/c1-16-6-4-7-17(2)22(16)25-23(27)19-12-10-18(11-13-19)15-26(30(3,28)29)21-9-5-8-20(24)14-21/h4-14H,15H2,1-3H3,(H,25,27). The van der Waals surface area contributed by atoms with Crippen LogP contribution < -0.4 is 9.62 Å². The van der Waals surface area contributed by atoms with Gasteiger partial charge in [0, 0.05) is 16.3 Å². The molecule has 0 aliphatic rings. The highest BCUT2D eigenvalue weighted by atomic mass is 35.5. The van der Waals surface area contributed by atoms with Gasteiger partial charge in [-0.05, 0) is 60.9 Å². The Morgan fingerprint density at radius 3 is 2.13 bits per heavy atom. The maximum atomic E-state index is 12.6. The first-order valence-electron chi connectivity index (χ1n) is 9.35. The number of anilines is 2. The fraction of sp³-hybridized carbons (Fsp3) is 0.174. The highest BCUT2D eigenvalue weighted by Crippen LogP contribution is 2.24. The van der Waals surface area contributed by atoms with Gasteiger partial charge in [0.25, 0.3) is 5.91 Å². The molecule has 0 radical (unpaired) electrons. The molecule has 3 aromatic rings. The maximum Gasteiger partial charge on any atom is 0.255 e. The predicted molar refractivity (Wildman–Crippen MR) is 123 cm³/mol. The van der Waals surface area contributed by atoms with Crippen LogP contribution in [0.4, 0.5) is 11.4 Å². The Balaban J connectivity index is 1.80. The van der Waals surface area contributed by atoms with Crippen molar-refractivity contribution in [1.29, 1.82) is 0 Å². The number of hydrogen-bond acceptors (Lipinski definition) is 3. The molecule has 1 N–H and O–H groups in total. The molecule has 0 atom stereocenters. The number of nitrogens with one attached hydrogen (secondary N) is 1. The van der Waals surface area contributed by atoms with Crippen molar-refractivity contribution in [2.45, 2.75) is 20.4 Å². The molecule has 156 valence electrons. The Morgan fingerprint density at radius 1 is 0.967 bits per heavy atom. The highest BCUT2D eigenvalue weighted by molar-refractivity contribution is 7.92. The summed E-state index contributed by atoms with van der Waals surface area (Å²) in [6.07, 6.45) is 1.15. The molecular formula is C23H23ClN2O3S. The summed E-state index contributed by atoms with van der Waals surface area (Å²) >= 11 is 6.02. The molecule has 0 unspecified atom stereocenters. The fourth-order valence-electron chi connectivity index (χ4n) is 3.16. The summed E-state index contributed by atoms with van der Waals surface area (Å²) in [5.41, 5.74) is 4.52. The van der Waals surface area contributed by atoms with Crippen molar-refractivity contribution in [1.82, 2.24) is 0 Å². The number of hydrogen-bond donors (Lipinski definition) is 1. The second-order valence-electron chi connectivity index (χ2n) is 7.17. The van der Waals surface area contributed by atoms with Crippen molar-refractivity contribution < 1.29 is 13.2 Å². The second kappa shape index (κ2) is 8.90. The van der Waals surface area contributed by atoms with Gasteiger partial charge in [-0.1, -0.05) is 48.0 Å². The Morgan fingerprint density at radius 2 is 1.57 bits per heavy atom. The molecule has 0 bridgehead atoms. The van der Waals surface area contributed by atoms with Crippen LogP contribution in [0, 0.1) is 13.8 Å². The Bertz CT molecular complexity index is 1160. The van der Waals surface area contributed by atoms with Crippen LogP contribution in [0.15, 0.2) is 66.7 Å². The molecule has 5 nitrogen and oxygen atoms in total. The average molecular weight is 443 g/mol. The van der Waals surface area contributed by atoms with E-state index in [1.54, 1.807) is 48.5 Å². The number of carbonyl (C=O) groups excluding carboxylic acids is 1. The molecular weight excluding hydrogens is 420 g/mol. The van der Waals surface area contributed by atoms with E-state index in [0.29, 0.717) is 16.3 Å². The minimum atomic E-state index is -3.51. The number of amides is 1. The summed E-state index contributed by atoms with van der Waals surface area (Å²) in [4.78, 5) is 12.6. The summed E-state index contributed by atoms with van der Waals surface area (Å²) in [6, 6.07) is 19.4. The summed E-state index contributed by atoms with van der Waals surface area (Å²) in [6.45, 7) is 4.03. The number of aryl methyl sites for hydroxylation is 2. The van der Waals surface area contributed by atoms with Gasteiger partial charge in [-0.2, -0.15) is 0 Å². The molecule has 0 aliphatic carbocycles. The van der Waals surface area contributed by atoms with Crippen molar-refractivity contribution >= 4 is 38.9 Å². The monoisotopic (exact) mass is 442 g/mol. The zero-order chi connectivity index (χ0) is 21.9. The lowest BCUT2D eigenvalue weighted by molar-refractivity contribution is 0.102. The van der Waals surface area contributed by atoms with E-state index in [0.717, 1.165) is 28.6 Å². The fourth-order valence-corrected chi connectivity index (χ4v) is 4.22. The van der Waals surface area contributed by atoms with Gasteiger partial charge in [-0.3, -0.25) is 9.10 Å². The number of rotatable bonds is 6. The zero-order valence-corrected chi connectivity index (χ0v) is 18.6. The third-order valence-electron chi connectivity index (χ3n) is 4.76. The molecule has 7 heteroatoms. The third-order valence-corrected chi connectivity index (χ3v) is 6.13. The normalized spacial score (nSPS) is 11.2. The maximum absolute atomic E-state index is 12.6. The van der Waals surface area contributed by atoms with Crippen LogP contribution in [-0.2, 0) is 16.6 Å². The SMILES string of the molecule is Cc1cccc(C)c1NC(=O)c1ccc(CN(c2cccc(Cl)c2)S(C)(=O)=O)cc1. The lowest BCUT2D eigenvalue weighted by Crippen LogP contribution is -2.29. The van der Waals surface area contributed by atoms with E-state index in [1.165, 1.54) is 4.31 Å². The van der Waals surface area contributed by atoms with E-state index in [1.807, 2.05) is 32.0 Å². The molecule has 0 saturated carbocycles. The largest absolute Gasteiger partial charge is 0.322 e. The van der Waals surface area contributed by atoms with E-state index in [9.17, 15) is 13.2 Å². The van der Waals surface area contributed by atoms with Crippen molar-refractivity contribution in [2.24, 2.45) is 0 Å². The van der Waals surface area contributed by atoms with E-state index in [2.05, 4.69) is 5.32 Å². The van der Waals surface area contributed by atoms with Crippen molar-refractivity contribution in [3.63, 3.8) is 0 Å². The number of para-hydroxylation sites is 1. The molecule has 0 aromatic heterocycles. The average Bonchev–Trinajstić information content (AvgIpc) is 2.68. The first kappa shape index (κ1) is 21.9. The molecule has 0 spiro atoms. The van der Waals surface area contributed by atoms with Crippen LogP contribution in [-0.4, -0.2) is 20.6 Å². The van der Waals surface area contributed by atoms with Crippen LogP contribution in [0.25, 0.3) is 0 Å². The molecule has 0 saturated heterocycles. The van der Waals surface area contributed by atoms with Gasteiger partial charge in [0.1, 0.15) is 0 Å². The Labute approximate surface area is 182 Å². The van der Waals surface area contributed by atoms with Crippen LogP contribution in [0.1, 0.15) is 27.0 Å². The minimum absolute atomic E-state index is 0.137. The predicted octanol–water partition coefficient (Wildman–Crippen LogP) is 5.18. The van der Waals surface area contributed by atoms with Crippen LogP contribution in [0.2, 0.25) is 5.02 Å². The molecule has 3 aromatic carbocycles. The van der Waals surface area contributed by atoms with E-state index >= 15 is 0 Å². The summed E-state index contributed by atoms with van der Waals surface area (Å²) in [5.74, 6) is -0.214. The van der Waals surface area contributed by atoms with Gasteiger partial charge < -0.3 is 5.32 Å². The van der Waals surface area contributed by atoms with Crippen molar-refractivity contribution in [3.8, 4) is 0 Å². The topological polar surface area (TPSA) is 66.5 Å². The zero-order valence-electron chi connectivity index (χ0n) is 17.0. The second-order valence-corrected chi connectivity index (χ2v) is 9.51. The number of carbonyl (C=O) groups is 1. The lowest BCUT2D eigenvalue weighted by atomic mass is 10.1. The van der Waals surface area contributed by atoms with Gasteiger partial charge in [0.15, 0.2) is 0 Å². The summed E-state index contributed by atoms with van der Waals surface area (Å²) < 4.78 is 25.9. The van der Waals surface area contributed by atoms with E-state index in [-0.39, 0.29) is 12.5 Å². The lowest BCUT2D eigenvalue weighted by Gasteiger charge is -2.23. The Kier molecular flexibility index (Phi) is 6.48. The summed E-state index contributed by atoms with van der Waals surface area (Å²) in [7, 11) is -3.51. The number of nitrogens with zero attached hydrogens (tertiary/aromatic N) is 1. The minimum Gasteiger partial charge on any atom is -0.322 e. The first-order valence-corrected chi connectivity index (χ1v) is 11.6. The van der Waals surface area contributed by atoms with Crippen molar-refractivity contribution in [2.75, 3.05) is 15.9 Å². The first-order chi connectivity index (χ1) is 14.1. The molecule has 3 rings (SSSR count). The van der Waals surface area contributed by atoms with Crippen molar-refractivity contribution in [3.05, 3.63) is 94.0 Å². The van der Waals surface area contributed by atoms with Crippen LogP contribution in [0.5, 0.6) is 0 Å². The van der Waals surface area contributed by atoms with E-state index in [4.69, 9.17) is 11.6 Å². The van der Waals surface area contributed by atoms with Crippen LogP contribution >= 0.6 is 11.6 Å². The quantitative estimate of drug-likeness (QED) is 0.572. The molecule has 30 heavy (non-hydrogen) atoms. The van der Waals surface area contributed by atoms with Gasteiger partial charge in [0.2, 0.25) is 10.0 Å². The van der Waals surface area contributed by atoms with E-state index < -0.39 is 10.0 Å². The molecule has 0 aliphatic heterocycles. The van der Waals surface area contributed by atoms with Gasteiger partial charge in [-0.25, -0.2) is 8.42 Å². The summed E-state index contributed by atoms with van der Waals surface area (Å²) in [5, 5.41) is 3.41. The number of benzene rings is 3. The number of sulfonamides is 1. The molecule has 1 amide bonds. The molecule has 0 fully saturated rings. The smallest absolute Gasteiger partial charge is 0.255 e. The van der Waals surface area contributed by atoms with Gasteiger partial charge in [0.05, 0.1) is 18.5 Å². The highest BCUT2D eigenvalue weighted by Gasteiger charge is 2.18. The molecule has 0 heterocycles. The van der Waals surface area contributed by atoms with Crippen LogP contribution in [0.3, 0.4) is 0 Å². The Hall–Kier alpha value is -2.83. The number of halogens is 1. The van der Waals surface area contributed by atoms with Gasteiger partial charge >= 0.3 is 0 Å². The third kappa shape index (κ3) is 5.20. The van der Waals surface area contributed by atoms with Gasteiger partial charge in [-0.15, -0.1) is 0 Å².